The summed E-state index contributed by atoms with van der Waals surface area (Å²) in [6.45, 7) is 1.85. The van der Waals surface area contributed by atoms with Crippen molar-refractivity contribution in [3.8, 4) is 0 Å². The normalized spacial score (nSPS) is 25.5. The lowest BCUT2D eigenvalue weighted by Crippen LogP contribution is -2.58. The quantitative estimate of drug-likeness (QED) is 0.869. The molecule has 5 nitrogen and oxygen atoms in total. The van der Waals surface area contributed by atoms with Crippen LogP contribution in [0, 0.1) is 0 Å². The van der Waals surface area contributed by atoms with Gasteiger partial charge in [0.1, 0.15) is 5.52 Å². The maximum absolute atomic E-state index is 9.46. The van der Waals surface area contributed by atoms with Crippen molar-refractivity contribution in [2.75, 3.05) is 18.0 Å². The number of benzene rings is 1. The summed E-state index contributed by atoms with van der Waals surface area (Å²) in [7, 11) is 0. The second-order valence-electron chi connectivity index (χ2n) is 5.94. The van der Waals surface area contributed by atoms with Crippen LogP contribution in [0.15, 0.2) is 21.0 Å². The van der Waals surface area contributed by atoms with Gasteiger partial charge in [0, 0.05) is 30.7 Å². The molecule has 2 aliphatic rings. The van der Waals surface area contributed by atoms with Crippen LogP contribution in [0.5, 0.6) is 0 Å². The number of hydrogen-bond acceptors (Lipinski definition) is 5. The monoisotopic (exact) mass is 351 g/mol. The van der Waals surface area contributed by atoms with Crippen LogP contribution >= 0.6 is 15.9 Å². The van der Waals surface area contributed by atoms with Gasteiger partial charge in [-0.05, 0) is 34.8 Å². The zero-order valence-electron chi connectivity index (χ0n) is 11.7. The molecule has 0 radical (unpaired) electrons. The van der Waals surface area contributed by atoms with Crippen molar-refractivity contribution in [2.24, 2.45) is 0 Å². The fourth-order valence-electron chi connectivity index (χ4n) is 3.44. The van der Waals surface area contributed by atoms with E-state index in [2.05, 4.69) is 31.1 Å². The van der Waals surface area contributed by atoms with Crippen LogP contribution in [0.2, 0.25) is 0 Å². The lowest BCUT2D eigenvalue weighted by molar-refractivity contribution is 0.276. The highest BCUT2D eigenvalue weighted by Gasteiger charge is 2.32. The highest BCUT2D eigenvalue weighted by molar-refractivity contribution is 9.10. The van der Waals surface area contributed by atoms with Gasteiger partial charge in [0.15, 0.2) is 5.58 Å². The zero-order valence-corrected chi connectivity index (χ0v) is 13.3. The lowest BCUT2D eigenvalue weighted by atomic mass is 9.94. The second kappa shape index (κ2) is 5.26. The molecule has 0 saturated carbocycles. The fourth-order valence-corrected chi connectivity index (χ4v) is 3.84. The Kier molecular flexibility index (Phi) is 3.40. The van der Waals surface area contributed by atoms with E-state index in [4.69, 9.17) is 4.42 Å². The van der Waals surface area contributed by atoms with Gasteiger partial charge >= 0.3 is 0 Å². The topological polar surface area (TPSA) is 61.5 Å². The molecule has 2 unspecified atom stereocenters. The summed E-state index contributed by atoms with van der Waals surface area (Å²) in [5.74, 6) is 0. The average Bonchev–Trinajstić information content (AvgIpc) is 2.93. The Morgan fingerprint density at radius 1 is 1.33 bits per heavy atom. The van der Waals surface area contributed by atoms with E-state index in [-0.39, 0.29) is 6.61 Å². The van der Waals surface area contributed by atoms with Crippen LogP contribution in [0.4, 0.5) is 6.01 Å². The molecule has 2 aliphatic heterocycles. The minimum atomic E-state index is -0.0252. The number of fused-ring (bicyclic) bond motifs is 3. The van der Waals surface area contributed by atoms with Gasteiger partial charge in [0.25, 0.3) is 6.01 Å². The van der Waals surface area contributed by atoms with E-state index in [1.807, 2.05) is 12.1 Å². The molecule has 2 aromatic rings. The Morgan fingerprint density at radius 2 is 2.10 bits per heavy atom. The Bertz CT molecular complexity index is 660. The molecule has 2 N–H and O–H groups in total. The number of piperidine rings is 1. The highest BCUT2D eigenvalue weighted by atomic mass is 79.9. The van der Waals surface area contributed by atoms with Crippen molar-refractivity contribution in [1.82, 2.24) is 10.3 Å². The standard InChI is InChI=1S/C15H18BrN3O2/c16-12-5-4-9(8-20)13-14(12)21-15(18-13)19-6-10-2-1-3-11(7-19)17-10/h4-5,10-11,17,20H,1-3,6-8H2. The summed E-state index contributed by atoms with van der Waals surface area (Å²) in [6.07, 6.45) is 3.75. The van der Waals surface area contributed by atoms with E-state index in [0.29, 0.717) is 18.1 Å². The Labute approximate surface area is 131 Å². The van der Waals surface area contributed by atoms with E-state index in [9.17, 15) is 5.11 Å². The molecule has 112 valence electrons. The molecule has 1 aromatic carbocycles. The Hall–Kier alpha value is -1.11. The summed E-state index contributed by atoms with van der Waals surface area (Å²) < 4.78 is 6.85. The Balaban J connectivity index is 1.72. The summed E-state index contributed by atoms with van der Waals surface area (Å²) in [5, 5.41) is 13.1. The van der Waals surface area contributed by atoms with Crippen LogP contribution in [0.3, 0.4) is 0 Å². The van der Waals surface area contributed by atoms with E-state index >= 15 is 0 Å². The summed E-state index contributed by atoms with van der Waals surface area (Å²) in [5.41, 5.74) is 2.28. The van der Waals surface area contributed by atoms with E-state index in [1.54, 1.807) is 0 Å². The molecule has 1 aromatic heterocycles. The third-order valence-corrected chi connectivity index (χ3v) is 5.09. The van der Waals surface area contributed by atoms with Crippen LogP contribution in [0.1, 0.15) is 24.8 Å². The first-order chi connectivity index (χ1) is 10.2. The molecule has 0 amide bonds. The SMILES string of the molecule is OCc1ccc(Br)c2oc(N3CC4CCCC(C3)N4)nc12. The minimum absolute atomic E-state index is 0.0252. The van der Waals surface area contributed by atoms with E-state index in [1.165, 1.54) is 19.3 Å². The van der Waals surface area contributed by atoms with Crippen molar-refractivity contribution in [3.05, 3.63) is 22.2 Å². The number of nitrogens with zero attached hydrogens (tertiary/aromatic N) is 2. The number of oxazole rings is 1. The molecular weight excluding hydrogens is 334 g/mol. The molecule has 2 saturated heterocycles. The number of nitrogens with one attached hydrogen (secondary N) is 1. The van der Waals surface area contributed by atoms with E-state index < -0.39 is 0 Å². The van der Waals surface area contributed by atoms with Gasteiger partial charge in [-0.1, -0.05) is 12.5 Å². The predicted octanol–water partition coefficient (Wildman–Crippen LogP) is 2.41. The number of halogens is 1. The first-order valence-corrected chi connectivity index (χ1v) is 8.23. The Morgan fingerprint density at radius 3 is 2.81 bits per heavy atom. The molecule has 2 atom stereocenters. The van der Waals surface area contributed by atoms with Gasteiger partial charge in [-0.15, -0.1) is 0 Å². The number of aliphatic hydroxyl groups excluding tert-OH is 1. The summed E-state index contributed by atoms with van der Waals surface area (Å²) in [4.78, 5) is 6.87. The number of rotatable bonds is 2. The predicted molar refractivity (Wildman–Crippen MR) is 84.4 cm³/mol. The molecule has 21 heavy (non-hydrogen) atoms. The van der Waals surface area contributed by atoms with Gasteiger partial charge in [-0.3, -0.25) is 0 Å². The number of hydrogen-bond donors (Lipinski definition) is 2. The number of piperazine rings is 1. The maximum Gasteiger partial charge on any atom is 0.298 e. The van der Waals surface area contributed by atoms with E-state index in [0.717, 1.165) is 34.2 Å². The fraction of sp³-hybridized carbons (Fsp3) is 0.533. The summed E-state index contributed by atoms with van der Waals surface area (Å²) in [6, 6.07) is 5.52. The van der Waals surface area contributed by atoms with Crippen LogP contribution in [-0.2, 0) is 6.61 Å². The van der Waals surface area contributed by atoms with Crippen molar-refractivity contribution in [3.63, 3.8) is 0 Å². The molecular formula is C15H18BrN3O2. The molecule has 2 bridgehead atoms. The zero-order chi connectivity index (χ0) is 14.4. The smallest absolute Gasteiger partial charge is 0.298 e. The van der Waals surface area contributed by atoms with Gasteiger partial charge in [0.2, 0.25) is 0 Å². The third-order valence-electron chi connectivity index (χ3n) is 4.47. The van der Waals surface area contributed by atoms with Gasteiger partial charge in [0.05, 0.1) is 11.1 Å². The molecule has 0 aliphatic carbocycles. The number of anilines is 1. The maximum atomic E-state index is 9.46. The van der Waals surface area contributed by atoms with Crippen molar-refractivity contribution in [1.29, 1.82) is 0 Å². The van der Waals surface area contributed by atoms with Crippen molar-refractivity contribution >= 4 is 33.0 Å². The first kappa shape index (κ1) is 13.5. The van der Waals surface area contributed by atoms with Gasteiger partial charge < -0.3 is 19.7 Å². The van der Waals surface area contributed by atoms with Crippen molar-refractivity contribution in [2.45, 2.75) is 38.0 Å². The lowest BCUT2D eigenvalue weighted by Gasteiger charge is -2.41. The number of aromatic nitrogens is 1. The number of aliphatic hydroxyl groups is 1. The minimum Gasteiger partial charge on any atom is -0.422 e. The molecule has 6 heteroatoms. The largest absolute Gasteiger partial charge is 0.422 e. The highest BCUT2D eigenvalue weighted by Crippen LogP contribution is 2.32. The van der Waals surface area contributed by atoms with Gasteiger partial charge in [-0.2, -0.15) is 4.98 Å². The molecule has 2 fully saturated rings. The van der Waals surface area contributed by atoms with Gasteiger partial charge in [-0.25, -0.2) is 0 Å². The van der Waals surface area contributed by atoms with Crippen LogP contribution in [-0.4, -0.2) is 35.3 Å². The van der Waals surface area contributed by atoms with Crippen LogP contribution < -0.4 is 10.2 Å². The average molecular weight is 352 g/mol. The summed E-state index contributed by atoms with van der Waals surface area (Å²) >= 11 is 3.50. The third kappa shape index (κ3) is 2.35. The second-order valence-corrected chi connectivity index (χ2v) is 6.79. The van der Waals surface area contributed by atoms with Crippen LogP contribution in [0.25, 0.3) is 11.1 Å². The molecule has 4 rings (SSSR count). The molecule has 3 heterocycles. The molecule has 0 spiro atoms. The van der Waals surface area contributed by atoms with Crippen molar-refractivity contribution < 1.29 is 9.52 Å². The first-order valence-electron chi connectivity index (χ1n) is 7.44.